The Kier molecular flexibility index (Phi) is 8.25. The van der Waals surface area contributed by atoms with E-state index in [0.717, 1.165) is 28.2 Å². The maximum absolute atomic E-state index is 14.3. The van der Waals surface area contributed by atoms with Crippen LogP contribution >= 0.6 is 11.3 Å². The van der Waals surface area contributed by atoms with Crippen LogP contribution in [0.15, 0.2) is 100 Å². The quantitative estimate of drug-likeness (QED) is 0.131. The first-order valence-electron chi connectivity index (χ1n) is 14.6. The van der Waals surface area contributed by atoms with Gasteiger partial charge in [0.05, 0.1) is 40.5 Å². The Hall–Kier alpha value is -5.55. The van der Waals surface area contributed by atoms with Crippen LogP contribution in [0, 0.1) is 24.0 Å². The Morgan fingerprint density at radius 1 is 1.04 bits per heavy atom. The average molecular weight is 635 g/mol. The standard InChI is InChI=1S/C35H30N4O6S/c1-5-45-34(41)30-31(23-9-7-6-8-10-23)36-35-38(32(30)24-11-17-28(44-4)18-12-24)33(40)29(46-35)20-25-19-21(2)37(22(25)3)26-13-15-27(16-14-26)39(42)43/h6-20,32H,5H2,1-4H3/b29-20-/t32-/m1/s1. The van der Waals surface area contributed by atoms with Crippen LogP contribution in [0.4, 0.5) is 5.69 Å². The highest BCUT2D eigenvalue weighted by molar-refractivity contribution is 7.07. The molecule has 0 unspecified atom stereocenters. The second kappa shape index (κ2) is 12.4. The molecule has 0 fully saturated rings. The molecule has 0 saturated carbocycles. The lowest BCUT2D eigenvalue weighted by Crippen LogP contribution is -2.40. The lowest BCUT2D eigenvalue weighted by atomic mass is 9.93. The second-order valence-corrected chi connectivity index (χ2v) is 11.6. The molecule has 0 radical (unpaired) electrons. The van der Waals surface area contributed by atoms with Gasteiger partial charge < -0.3 is 14.0 Å². The molecule has 232 valence electrons. The van der Waals surface area contributed by atoms with Gasteiger partial charge in [0.15, 0.2) is 4.80 Å². The first-order valence-corrected chi connectivity index (χ1v) is 15.4. The molecular formula is C35H30N4O6S. The van der Waals surface area contributed by atoms with Gasteiger partial charge in [0.2, 0.25) is 0 Å². The zero-order valence-corrected chi connectivity index (χ0v) is 26.4. The van der Waals surface area contributed by atoms with E-state index in [1.807, 2.05) is 73.0 Å². The fourth-order valence-corrected chi connectivity index (χ4v) is 6.73. The van der Waals surface area contributed by atoms with Crippen molar-refractivity contribution in [1.82, 2.24) is 9.13 Å². The minimum absolute atomic E-state index is 0.0102. The molecule has 6 rings (SSSR count). The number of benzene rings is 3. The van der Waals surface area contributed by atoms with E-state index in [2.05, 4.69) is 0 Å². The molecular weight excluding hydrogens is 604 g/mol. The van der Waals surface area contributed by atoms with Gasteiger partial charge in [0, 0.05) is 34.8 Å². The fourth-order valence-electron chi connectivity index (χ4n) is 5.74. The number of carbonyl (C=O) groups is 1. The lowest BCUT2D eigenvalue weighted by Gasteiger charge is -2.26. The van der Waals surface area contributed by atoms with Gasteiger partial charge in [-0.2, -0.15) is 0 Å². The lowest BCUT2D eigenvalue weighted by molar-refractivity contribution is -0.384. The number of esters is 1. The summed E-state index contributed by atoms with van der Waals surface area (Å²) in [7, 11) is 1.58. The molecule has 11 heteroatoms. The molecule has 3 aromatic carbocycles. The van der Waals surface area contributed by atoms with E-state index in [1.165, 1.54) is 23.5 Å². The third kappa shape index (κ3) is 5.45. The number of hydrogen-bond donors (Lipinski definition) is 0. The van der Waals surface area contributed by atoms with Gasteiger partial charge in [-0.1, -0.05) is 53.8 Å². The normalized spacial score (nSPS) is 14.5. The molecule has 0 amide bonds. The number of carbonyl (C=O) groups excluding carboxylic acids is 1. The Morgan fingerprint density at radius 2 is 1.74 bits per heavy atom. The third-order valence-corrected chi connectivity index (χ3v) is 8.86. The second-order valence-electron chi connectivity index (χ2n) is 10.6. The van der Waals surface area contributed by atoms with Crippen LogP contribution < -0.4 is 19.6 Å². The molecule has 0 aliphatic carbocycles. The summed E-state index contributed by atoms with van der Waals surface area (Å²) in [6, 6.07) is 24.2. The fraction of sp³-hybridized carbons (Fsp3) is 0.171. The van der Waals surface area contributed by atoms with Crippen LogP contribution in [-0.4, -0.2) is 33.7 Å². The van der Waals surface area contributed by atoms with E-state index in [9.17, 15) is 19.7 Å². The SMILES string of the molecule is CCOC(=O)C1=C(c2ccccc2)N=c2s/c(=C\c3cc(C)n(-c4ccc([N+](=O)[O-])cc4)c3C)c(=O)n2[C@@H]1c1ccc(OC)cc1. The Bertz CT molecular complexity index is 2180. The van der Waals surface area contributed by atoms with Crippen molar-refractivity contribution in [3.05, 3.63) is 148 Å². The largest absolute Gasteiger partial charge is 0.497 e. The van der Waals surface area contributed by atoms with E-state index in [-0.39, 0.29) is 23.4 Å². The topological polar surface area (TPSA) is 118 Å². The van der Waals surface area contributed by atoms with Crippen molar-refractivity contribution >= 4 is 34.8 Å². The monoisotopic (exact) mass is 634 g/mol. The summed E-state index contributed by atoms with van der Waals surface area (Å²) in [5.74, 6) is 0.0938. The average Bonchev–Trinajstić information content (AvgIpc) is 3.53. The number of rotatable bonds is 8. The maximum Gasteiger partial charge on any atom is 0.338 e. The van der Waals surface area contributed by atoms with Crippen molar-refractivity contribution in [3.63, 3.8) is 0 Å². The predicted octanol–water partition coefficient (Wildman–Crippen LogP) is 5.26. The summed E-state index contributed by atoms with van der Waals surface area (Å²) in [6.45, 7) is 5.78. The number of nitro benzene ring substituents is 1. The van der Waals surface area contributed by atoms with Crippen LogP contribution in [0.5, 0.6) is 5.75 Å². The molecule has 3 heterocycles. The van der Waals surface area contributed by atoms with Crippen molar-refractivity contribution in [2.24, 2.45) is 4.99 Å². The van der Waals surface area contributed by atoms with Gasteiger partial charge in [-0.3, -0.25) is 19.5 Å². The zero-order valence-electron chi connectivity index (χ0n) is 25.6. The summed E-state index contributed by atoms with van der Waals surface area (Å²) in [5, 5.41) is 11.2. The first-order chi connectivity index (χ1) is 22.2. The molecule has 10 nitrogen and oxygen atoms in total. The highest BCUT2D eigenvalue weighted by Gasteiger charge is 2.35. The van der Waals surface area contributed by atoms with E-state index >= 15 is 0 Å². The van der Waals surface area contributed by atoms with Gasteiger partial charge in [-0.05, 0) is 68.3 Å². The van der Waals surface area contributed by atoms with Gasteiger partial charge >= 0.3 is 5.97 Å². The van der Waals surface area contributed by atoms with Crippen LogP contribution in [-0.2, 0) is 9.53 Å². The highest BCUT2D eigenvalue weighted by Crippen LogP contribution is 2.35. The number of ether oxygens (including phenoxy) is 2. The van der Waals surface area contributed by atoms with Gasteiger partial charge in [-0.15, -0.1) is 0 Å². The van der Waals surface area contributed by atoms with Crippen molar-refractivity contribution < 1.29 is 19.2 Å². The van der Waals surface area contributed by atoms with Crippen molar-refractivity contribution in [1.29, 1.82) is 0 Å². The Morgan fingerprint density at radius 3 is 2.37 bits per heavy atom. The van der Waals surface area contributed by atoms with E-state index in [0.29, 0.717) is 26.3 Å². The Balaban J connectivity index is 1.56. The molecule has 1 aliphatic rings. The van der Waals surface area contributed by atoms with Crippen LogP contribution in [0.1, 0.15) is 41.0 Å². The minimum Gasteiger partial charge on any atom is -0.497 e. The van der Waals surface area contributed by atoms with Crippen LogP contribution in [0.25, 0.3) is 17.5 Å². The minimum atomic E-state index is -0.800. The third-order valence-electron chi connectivity index (χ3n) is 7.88. The smallest absolute Gasteiger partial charge is 0.338 e. The molecule has 1 atom stereocenters. The molecule has 46 heavy (non-hydrogen) atoms. The summed E-state index contributed by atoms with van der Waals surface area (Å²) in [4.78, 5) is 44.0. The summed E-state index contributed by atoms with van der Waals surface area (Å²) < 4.78 is 14.9. The van der Waals surface area contributed by atoms with Crippen molar-refractivity contribution in [2.45, 2.75) is 26.8 Å². The molecule has 0 bridgehead atoms. The first kappa shape index (κ1) is 30.5. The molecule has 0 N–H and O–H groups in total. The molecule has 5 aromatic rings. The molecule has 1 aliphatic heterocycles. The number of methoxy groups -OCH3 is 1. The number of aryl methyl sites for hydroxylation is 1. The number of nitrogens with zero attached hydrogens (tertiary/aromatic N) is 4. The number of fused-ring (bicyclic) bond motifs is 1. The van der Waals surface area contributed by atoms with Gasteiger partial charge in [-0.25, -0.2) is 9.79 Å². The number of nitro groups is 1. The number of aromatic nitrogens is 2. The maximum atomic E-state index is 14.3. The van der Waals surface area contributed by atoms with E-state index in [4.69, 9.17) is 14.5 Å². The number of non-ortho nitro benzene ring substituents is 1. The van der Waals surface area contributed by atoms with Gasteiger partial charge in [0.1, 0.15) is 5.75 Å². The van der Waals surface area contributed by atoms with Crippen LogP contribution in [0.3, 0.4) is 0 Å². The molecule has 0 saturated heterocycles. The summed E-state index contributed by atoms with van der Waals surface area (Å²) >= 11 is 1.25. The highest BCUT2D eigenvalue weighted by atomic mass is 32.1. The zero-order chi connectivity index (χ0) is 32.5. The van der Waals surface area contributed by atoms with Gasteiger partial charge in [0.25, 0.3) is 11.2 Å². The number of thiazole rings is 1. The van der Waals surface area contributed by atoms with E-state index in [1.54, 1.807) is 42.9 Å². The van der Waals surface area contributed by atoms with Crippen LogP contribution in [0.2, 0.25) is 0 Å². The van der Waals surface area contributed by atoms with E-state index < -0.39 is 16.9 Å². The molecule has 0 spiro atoms. The summed E-state index contributed by atoms with van der Waals surface area (Å²) in [6.07, 6.45) is 1.83. The summed E-state index contributed by atoms with van der Waals surface area (Å²) in [5.41, 5.74) is 5.22. The van der Waals surface area contributed by atoms with Crippen molar-refractivity contribution in [3.8, 4) is 11.4 Å². The predicted molar refractivity (Wildman–Crippen MR) is 176 cm³/mol. The van der Waals surface area contributed by atoms with Crippen molar-refractivity contribution in [2.75, 3.05) is 13.7 Å². The molecule has 2 aromatic heterocycles. The number of hydrogen-bond acceptors (Lipinski definition) is 8. The Labute approximate surface area is 268 Å².